The van der Waals surface area contributed by atoms with Crippen LogP contribution < -0.4 is 10.1 Å². The molecule has 0 aliphatic carbocycles. The molecule has 1 N–H and O–H groups in total. The van der Waals surface area contributed by atoms with Gasteiger partial charge in [0, 0.05) is 23.1 Å². The molecular weight excluding hydrogens is 453 g/mol. The van der Waals surface area contributed by atoms with E-state index in [2.05, 4.69) is 26.1 Å². The van der Waals surface area contributed by atoms with Crippen LogP contribution >= 0.6 is 15.9 Å². The third-order valence-corrected chi connectivity index (χ3v) is 4.94. The van der Waals surface area contributed by atoms with Gasteiger partial charge in [0.1, 0.15) is 11.4 Å². The van der Waals surface area contributed by atoms with Crippen LogP contribution in [0.25, 0.3) is 0 Å². The van der Waals surface area contributed by atoms with Gasteiger partial charge in [-0.05, 0) is 70.8 Å². The van der Waals surface area contributed by atoms with E-state index >= 15 is 0 Å². The molecule has 2 rings (SSSR count). The van der Waals surface area contributed by atoms with Crippen LogP contribution in [0.15, 0.2) is 22.7 Å². The number of alkyl carbamates (subject to hydrolysis) is 1. The molecule has 1 amide bonds. The predicted molar refractivity (Wildman–Crippen MR) is 108 cm³/mol. The van der Waals surface area contributed by atoms with Crippen LogP contribution in [0.4, 0.5) is 18.0 Å². The van der Waals surface area contributed by atoms with Crippen molar-refractivity contribution in [2.45, 2.75) is 51.9 Å². The Kier molecular flexibility index (Phi) is 8.22. The van der Waals surface area contributed by atoms with Crippen LogP contribution in [-0.2, 0) is 11.3 Å². The maximum Gasteiger partial charge on any atom is 0.422 e. The third kappa shape index (κ3) is 9.25. The normalized spacial score (nSPS) is 16.5. The van der Waals surface area contributed by atoms with Gasteiger partial charge in [0.15, 0.2) is 6.61 Å². The lowest BCUT2D eigenvalue weighted by atomic mass is 9.96. The molecule has 0 radical (unpaired) electrons. The lowest BCUT2D eigenvalue weighted by Crippen LogP contribution is -2.40. The summed E-state index contributed by atoms with van der Waals surface area (Å²) in [5.74, 6) is 0.599. The Morgan fingerprint density at radius 3 is 2.48 bits per heavy atom. The van der Waals surface area contributed by atoms with Gasteiger partial charge in [0.05, 0.1) is 0 Å². The van der Waals surface area contributed by atoms with Gasteiger partial charge in [-0.25, -0.2) is 4.79 Å². The molecule has 0 unspecified atom stereocenters. The average molecular weight is 481 g/mol. The van der Waals surface area contributed by atoms with Gasteiger partial charge in [-0.1, -0.05) is 15.9 Å². The van der Waals surface area contributed by atoms with E-state index in [0.717, 1.165) is 30.4 Å². The van der Waals surface area contributed by atoms with Crippen molar-refractivity contribution in [3.8, 4) is 5.75 Å². The molecule has 0 atom stereocenters. The van der Waals surface area contributed by atoms with Gasteiger partial charge in [0.2, 0.25) is 0 Å². The monoisotopic (exact) mass is 480 g/mol. The van der Waals surface area contributed by atoms with Gasteiger partial charge in [-0.15, -0.1) is 0 Å². The maximum absolute atomic E-state index is 12.5. The highest BCUT2D eigenvalue weighted by molar-refractivity contribution is 9.10. The number of likely N-dealkylation sites (tertiary alicyclic amines) is 1. The summed E-state index contributed by atoms with van der Waals surface area (Å²) in [5.41, 5.74) is 0.192. The fourth-order valence-electron chi connectivity index (χ4n) is 3.10. The Hall–Kier alpha value is -1.48. The summed E-state index contributed by atoms with van der Waals surface area (Å²) in [4.78, 5) is 14.0. The summed E-state index contributed by atoms with van der Waals surface area (Å²) in [6.07, 6.45) is -3.00. The Labute approximate surface area is 178 Å². The number of nitrogens with one attached hydrogen (secondary N) is 1. The minimum atomic E-state index is -4.37. The first kappa shape index (κ1) is 23.8. The number of ether oxygens (including phenoxy) is 2. The van der Waals surface area contributed by atoms with Crippen LogP contribution in [-0.4, -0.2) is 49.0 Å². The van der Waals surface area contributed by atoms with Gasteiger partial charge < -0.3 is 14.8 Å². The largest absolute Gasteiger partial charge is 0.484 e. The zero-order chi connectivity index (χ0) is 21.7. The molecule has 9 heteroatoms. The number of hydrogen-bond donors (Lipinski definition) is 1. The average Bonchev–Trinajstić information content (AvgIpc) is 2.58. The lowest BCUT2D eigenvalue weighted by molar-refractivity contribution is -0.153. The van der Waals surface area contributed by atoms with Crippen LogP contribution in [0.5, 0.6) is 5.75 Å². The molecule has 164 valence electrons. The second kappa shape index (κ2) is 10.0. The molecule has 0 saturated carbocycles. The van der Waals surface area contributed by atoms with Crippen molar-refractivity contribution in [2.75, 3.05) is 26.2 Å². The first-order valence-corrected chi connectivity index (χ1v) is 10.4. The summed E-state index contributed by atoms with van der Waals surface area (Å²) in [6, 6.07) is 5.02. The highest BCUT2D eigenvalue weighted by Gasteiger charge is 2.29. The van der Waals surface area contributed by atoms with Gasteiger partial charge in [-0.2, -0.15) is 13.2 Å². The molecular formula is C20H28BrF3N2O3. The fourth-order valence-corrected chi connectivity index (χ4v) is 3.51. The van der Waals surface area contributed by atoms with E-state index in [-0.39, 0.29) is 5.75 Å². The third-order valence-electron chi connectivity index (χ3n) is 4.45. The Balaban J connectivity index is 1.83. The number of nitrogens with zero attached hydrogens (tertiary/aromatic N) is 1. The molecule has 0 bridgehead atoms. The summed E-state index contributed by atoms with van der Waals surface area (Å²) >= 11 is 3.37. The van der Waals surface area contributed by atoms with Crippen LogP contribution in [0.3, 0.4) is 0 Å². The molecule has 1 saturated heterocycles. The molecule has 29 heavy (non-hydrogen) atoms. The van der Waals surface area contributed by atoms with Crippen molar-refractivity contribution < 1.29 is 27.4 Å². The second-order valence-corrected chi connectivity index (χ2v) is 9.17. The lowest BCUT2D eigenvalue weighted by Gasteiger charge is -2.32. The summed E-state index contributed by atoms with van der Waals surface area (Å²) in [5, 5.41) is 2.81. The number of amides is 1. The minimum Gasteiger partial charge on any atom is -0.484 e. The van der Waals surface area contributed by atoms with Crippen molar-refractivity contribution in [3.63, 3.8) is 0 Å². The van der Waals surface area contributed by atoms with E-state index in [4.69, 9.17) is 9.47 Å². The number of alkyl halides is 3. The Morgan fingerprint density at radius 1 is 1.24 bits per heavy atom. The van der Waals surface area contributed by atoms with Gasteiger partial charge in [0.25, 0.3) is 0 Å². The van der Waals surface area contributed by atoms with Crippen molar-refractivity contribution in [3.05, 3.63) is 28.2 Å². The zero-order valence-electron chi connectivity index (χ0n) is 16.9. The van der Waals surface area contributed by atoms with Crippen molar-refractivity contribution in [2.24, 2.45) is 5.92 Å². The van der Waals surface area contributed by atoms with E-state index < -0.39 is 24.5 Å². The molecule has 1 heterocycles. The van der Waals surface area contributed by atoms with Crippen molar-refractivity contribution >= 4 is 22.0 Å². The SMILES string of the molecule is CC(C)(C)OC(=O)NCC1CCN(Cc2cc(Br)ccc2OCC(F)(F)F)CC1. The first-order valence-electron chi connectivity index (χ1n) is 9.58. The van der Waals surface area contributed by atoms with Crippen LogP contribution in [0, 0.1) is 5.92 Å². The zero-order valence-corrected chi connectivity index (χ0v) is 18.5. The molecule has 1 aliphatic heterocycles. The Morgan fingerprint density at radius 2 is 1.90 bits per heavy atom. The minimum absolute atomic E-state index is 0.249. The molecule has 1 fully saturated rings. The van der Waals surface area contributed by atoms with Crippen LogP contribution in [0.2, 0.25) is 0 Å². The summed E-state index contributed by atoms with van der Waals surface area (Å²) in [7, 11) is 0. The highest BCUT2D eigenvalue weighted by atomic mass is 79.9. The molecule has 5 nitrogen and oxygen atoms in total. The Bertz CT molecular complexity index is 685. The van der Waals surface area contributed by atoms with E-state index in [1.54, 1.807) is 18.2 Å². The smallest absolute Gasteiger partial charge is 0.422 e. The standard InChI is InChI=1S/C20H28BrF3N2O3/c1-19(2,3)29-18(27)25-11-14-6-8-26(9-7-14)12-15-10-16(21)4-5-17(15)28-13-20(22,23)24/h4-5,10,14H,6-9,11-13H2,1-3H3,(H,25,27). The number of piperidine rings is 1. The summed E-state index contributed by atoms with van der Waals surface area (Å²) < 4.78 is 48.5. The fraction of sp³-hybridized carbons (Fsp3) is 0.650. The van der Waals surface area contributed by atoms with E-state index in [0.29, 0.717) is 24.6 Å². The number of carbonyl (C=O) groups excluding carboxylic acids is 1. The van der Waals surface area contributed by atoms with Crippen molar-refractivity contribution in [1.82, 2.24) is 10.2 Å². The molecule has 1 aliphatic rings. The van der Waals surface area contributed by atoms with E-state index in [9.17, 15) is 18.0 Å². The second-order valence-electron chi connectivity index (χ2n) is 8.26. The maximum atomic E-state index is 12.5. The first-order chi connectivity index (χ1) is 13.4. The van der Waals surface area contributed by atoms with E-state index in [1.807, 2.05) is 20.8 Å². The number of carbonyl (C=O) groups is 1. The quantitative estimate of drug-likeness (QED) is 0.613. The van der Waals surface area contributed by atoms with Crippen LogP contribution in [0.1, 0.15) is 39.2 Å². The summed E-state index contributed by atoms with van der Waals surface area (Å²) in [6.45, 7) is 6.81. The molecule has 1 aromatic rings. The van der Waals surface area contributed by atoms with Gasteiger partial charge in [-0.3, -0.25) is 4.90 Å². The number of benzene rings is 1. The number of halogens is 4. The van der Waals surface area contributed by atoms with E-state index in [1.165, 1.54) is 0 Å². The predicted octanol–water partition coefficient (Wildman–Crippen LogP) is 5.13. The molecule has 0 aromatic heterocycles. The molecule has 1 aromatic carbocycles. The number of hydrogen-bond acceptors (Lipinski definition) is 4. The van der Waals surface area contributed by atoms with Gasteiger partial charge >= 0.3 is 12.3 Å². The van der Waals surface area contributed by atoms with Crippen molar-refractivity contribution in [1.29, 1.82) is 0 Å². The number of rotatable bonds is 6. The molecule has 0 spiro atoms. The highest BCUT2D eigenvalue weighted by Crippen LogP contribution is 2.28. The topological polar surface area (TPSA) is 50.8 Å².